The number of ether oxygens (including phenoxy) is 3. The topological polar surface area (TPSA) is 94.1 Å². The summed E-state index contributed by atoms with van der Waals surface area (Å²) in [7, 11) is 1.43. The van der Waals surface area contributed by atoms with E-state index in [-0.39, 0.29) is 5.91 Å². The molecule has 0 aromatic heterocycles. The lowest BCUT2D eigenvalue weighted by Gasteiger charge is -2.43. The number of halogens is 1. The van der Waals surface area contributed by atoms with Crippen molar-refractivity contribution in [3.05, 3.63) is 71.8 Å². The van der Waals surface area contributed by atoms with Gasteiger partial charge in [0.05, 0.1) is 5.56 Å². The predicted molar refractivity (Wildman–Crippen MR) is 114 cm³/mol. The van der Waals surface area contributed by atoms with Crippen LogP contribution >= 0.6 is 22.6 Å². The van der Waals surface area contributed by atoms with E-state index in [4.69, 9.17) is 14.2 Å². The van der Waals surface area contributed by atoms with E-state index in [1.165, 1.54) is 7.11 Å². The summed E-state index contributed by atoms with van der Waals surface area (Å²) < 4.78 is 17.2. The molecule has 0 unspecified atom stereocenters. The van der Waals surface area contributed by atoms with Gasteiger partial charge in [0.1, 0.15) is 18.2 Å². The molecule has 1 aliphatic rings. The summed E-state index contributed by atoms with van der Waals surface area (Å²) in [6.45, 7) is 0. The maximum absolute atomic E-state index is 12.6. The molecule has 1 aliphatic heterocycles. The molecule has 3 rings (SSSR count). The van der Waals surface area contributed by atoms with Crippen LogP contribution in [-0.4, -0.2) is 59.2 Å². The fourth-order valence-corrected chi connectivity index (χ4v) is 3.84. The molecule has 1 heterocycles. The minimum atomic E-state index is -1.21. The van der Waals surface area contributed by atoms with Crippen LogP contribution in [0.5, 0.6) is 0 Å². The van der Waals surface area contributed by atoms with Crippen molar-refractivity contribution >= 4 is 34.5 Å². The number of aliphatic hydroxyl groups excluding tert-OH is 1. The Bertz CT molecular complexity index is 751. The Labute approximate surface area is 182 Å². The second-order valence-electron chi connectivity index (χ2n) is 6.52. The van der Waals surface area contributed by atoms with Crippen LogP contribution in [0.15, 0.2) is 60.7 Å². The molecule has 29 heavy (non-hydrogen) atoms. The third-order valence-corrected chi connectivity index (χ3v) is 5.51. The van der Waals surface area contributed by atoms with Crippen molar-refractivity contribution in [1.29, 1.82) is 0 Å². The van der Waals surface area contributed by atoms with Crippen molar-refractivity contribution in [3.63, 3.8) is 0 Å². The summed E-state index contributed by atoms with van der Waals surface area (Å²) >= 11 is 2.09. The number of aliphatic hydroxyl groups is 1. The molecule has 5 atom stereocenters. The Morgan fingerprint density at radius 3 is 2.21 bits per heavy atom. The zero-order valence-electron chi connectivity index (χ0n) is 15.7. The van der Waals surface area contributed by atoms with Crippen LogP contribution in [0.1, 0.15) is 20.7 Å². The average Bonchev–Trinajstić information content (AvgIpc) is 2.77. The number of methoxy groups -OCH3 is 1. The maximum atomic E-state index is 12.6. The van der Waals surface area contributed by atoms with Gasteiger partial charge in [-0.05, 0) is 24.3 Å². The number of hydrogen-bond acceptors (Lipinski definition) is 6. The lowest BCUT2D eigenvalue weighted by Crippen LogP contribution is -2.65. The van der Waals surface area contributed by atoms with Crippen LogP contribution in [0.4, 0.5) is 0 Å². The van der Waals surface area contributed by atoms with Gasteiger partial charge < -0.3 is 24.6 Å². The first-order valence-electron chi connectivity index (χ1n) is 9.09. The zero-order valence-corrected chi connectivity index (χ0v) is 17.9. The number of carbonyl (C=O) groups excluding carboxylic acids is 2. The highest BCUT2D eigenvalue weighted by molar-refractivity contribution is 14.1. The smallest absolute Gasteiger partial charge is 0.338 e. The first kappa shape index (κ1) is 21.7. The molecule has 8 heteroatoms. The van der Waals surface area contributed by atoms with Crippen LogP contribution < -0.4 is 5.32 Å². The summed E-state index contributed by atoms with van der Waals surface area (Å²) in [5.74, 6) is -0.960. The van der Waals surface area contributed by atoms with Gasteiger partial charge in [-0.25, -0.2) is 4.79 Å². The second kappa shape index (κ2) is 10.1. The van der Waals surface area contributed by atoms with E-state index in [1.54, 1.807) is 60.7 Å². The molecule has 0 spiro atoms. The summed E-state index contributed by atoms with van der Waals surface area (Å²) in [6.07, 6.45) is -3.65. The molecular weight excluding hydrogens is 489 g/mol. The SMILES string of the molecule is CO[C@H]1O[C@H](CI)[C@@H](OC(=O)c2ccccc2)[C@H](O)[C@H]1NC(=O)c1ccccc1. The van der Waals surface area contributed by atoms with E-state index < -0.39 is 36.6 Å². The highest BCUT2D eigenvalue weighted by Gasteiger charge is 2.48. The number of rotatable bonds is 6. The number of alkyl halides is 1. The van der Waals surface area contributed by atoms with Gasteiger partial charge in [-0.15, -0.1) is 0 Å². The molecule has 0 radical (unpaired) electrons. The lowest BCUT2D eigenvalue weighted by molar-refractivity contribution is -0.248. The largest absolute Gasteiger partial charge is 0.453 e. The van der Waals surface area contributed by atoms with E-state index >= 15 is 0 Å². The van der Waals surface area contributed by atoms with Crippen molar-refractivity contribution in [2.45, 2.75) is 30.6 Å². The van der Waals surface area contributed by atoms with Crippen molar-refractivity contribution < 1.29 is 28.9 Å². The van der Waals surface area contributed by atoms with Gasteiger partial charge in [-0.3, -0.25) is 4.79 Å². The van der Waals surface area contributed by atoms with Gasteiger partial charge in [0.15, 0.2) is 12.4 Å². The number of hydrogen-bond donors (Lipinski definition) is 2. The Kier molecular flexibility index (Phi) is 7.59. The molecule has 0 saturated carbocycles. The Hall–Kier alpha value is -2.01. The third kappa shape index (κ3) is 5.13. The fourth-order valence-electron chi connectivity index (χ4n) is 3.14. The van der Waals surface area contributed by atoms with E-state index in [2.05, 4.69) is 27.9 Å². The van der Waals surface area contributed by atoms with Gasteiger partial charge in [0.2, 0.25) is 0 Å². The fraction of sp³-hybridized carbons (Fsp3) is 0.333. The van der Waals surface area contributed by atoms with E-state index in [0.717, 1.165) is 0 Å². The molecule has 154 valence electrons. The van der Waals surface area contributed by atoms with Gasteiger partial charge in [0.25, 0.3) is 5.91 Å². The predicted octanol–water partition coefficient (Wildman–Crippen LogP) is 2.18. The lowest BCUT2D eigenvalue weighted by atomic mass is 9.96. The molecule has 1 saturated heterocycles. The van der Waals surface area contributed by atoms with Crippen LogP contribution in [-0.2, 0) is 14.2 Å². The average molecular weight is 511 g/mol. The minimum Gasteiger partial charge on any atom is -0.453 e. The first-order valence-corrected chi connectivity index (χ1v) is 10.6. The second-order valence-corrected chi connectivity index (χ2v) is 7.41. The van der Waals surface area contributed by atoms with Crippen molar-refractivity contribution in [2.75, 3.05) is 11.5 Å². The number of nitrogens with one attached hydrogen (secondary N) is 1. The molecule has 0 bridgehead atoms. The van der Waals surface area contributed by atoms with Crippen molar-refractivity contribution in [2.24, 2.45) is 0 Å². The molecule has 2 N–H and O–H groups in total. The van der Waals surface area contributed by atoms with Gasteiger partial charge in [-0.2, -0.15) is 0 Å². The minimum absolute atomic E-state index is 0.366. The Morgan fingerprint density at radius 1 is 1.07 bits per heavy atom. The summed E-state index contributed by atoms with van der Waals surface area (Å²) in [5, 5.41) is 13.7. The number of carbonyl (C=O) groups is 2. The van der Waals surface area contributed by atoms with Crippen LogP contribution in [0.25, 0.3) is 0 Å². The summed E-state index contributed by atoms with van der Waals surface area (Å²) in [5.41, 5.74) is 0.800. The quantitative estimate of drug-likeness (QED) is 0.351. The number of esters is 1. The molecule has 7 nitrogen and oxygen atoms in total. The molecule has 1 amide bonds. The van der Waals surface area contributed by atoms with E-state index in [0.29, 0.717) is 15.6 Å². The highest BCUT2D eigenvalue weighted by atomic mass is 127. The maximum Gasteiger partial charge on any atom is 0.338 e. The van der Waals surface area contributed by atoms with Gasteiger partial charge >= 0.3 is 5.97 Å². The number of amides is 1. The Balaban J connectivity index is 1.79. The van der Waals surface area contributed by atoms with Gasteiger partial charge in [0, 0.05) is 17.1 Å². The molecule has 1 fully saturated rings. The monoisotopic (exact) mass is 511 g/mol. The molecule has 2 aromatic carbocycles. The summed E-state index contributed by atoms with van der Waals surface area (Å²) in [4.78, 5) is 25.1. The van der Waals surface area contributed by atoms with Gasteiger partial charge in [-0.1, -0.05) is 59.0 Å². The van der Waals surface area contributed by atoms with Crippen LogP contribution in [0.2, 0.25) is 0 Å². The van der Waals surface area contributed by atoms with Crippen LogP contribution in [0.3, 0.4) is 0 Å². The normalized spacial score (nSPS) is 26.5. The zero-order chi connectivity index (χ0) is 20.8. The molecular formula is C21H22INO6. The first-order chi connectivity index (χ1) is 14.0. The third-order valence-electron chi connectivity index (χ3n) is 4.64. The Morgan fingerprint density at radius 2 is 1.66 bits per heavy atom. The number of benzene rings is 2. The highest BCUT2D eigenvalue weighted by Crippen LogP contribution is 2.26. The van der Waals surface area contributed by atoms with Crippen LogP contribution in [0, 0.1) is 0 Å². The molecule has 2 aromatic rings. The van der Waals surface area contributed by atoms with Crippen molar-refractivity contribution in [3.8, 4) is 0 Å². The van der Waals surface area contributed by atoms with E-state index in [1.807, 2.05) is 0 Å². The summed E-state index contributed by atoms with van der Waals surface area (Å²) in [6, 6.07) is 16.2. The molecule has 0 aliphatic carbocycles. The van der Waals surface area contributed by atoms with Crippen molar-refractivity contribution in [1.82, 2.24) is 5.32 Å². The van der Waals surface area contributed by atoms with E-state index in [9.17, 15) is 14.7 Å². The standard InChI is InChI=1S/C21H22INO6/c1-27-21-16(23-19(25)13-8-4-2-5-9-13)17(24)18(15(12-22)28-21)29-20(26)14-10-6-3-7-11-14/h2-11,15-18,21,24H,12H2,1H3,(H,23,25)/t15-,16-,17-,18-,21+/m1/s1.